The molecular weight excluding hydrogens is 248 g/mol. The normalized spacial score (nSPS) is 29.4. The van der Waals surface area contributed by atoms with Gasteiger partial charge in [-0.3, -0.25) is 4.79 Å². The minimum absolute atomic E-state index is 0.00312. The molecule has 1 amide bonds. The summed E-state index contributed by atoms with van der Waals surface area (Å²) in [6.07, 6.45) is 6.07. The molecule has 0 heterocycles. The fourth-order valence-corrected chi connectivity index (χ4v) is 3.95. The van der Waals surface area contributed by atoms with Crippen LogP contribution in [0.25, 0.3) is 0 Å². The van der Waals surface area contributed by atoms with Crippen molar-refractivity contribution in [2.75, 3.05) is 6.54 Å². The predicted molar refractivity (Wildman–Crippen MR) is 80.1 cm³/mol. The molecule has 2 fully saturated rings. The van der Waals surface area contributed by atoms with Gasteiger partial charge in [0, 0.05) is 6.54 Å². The van der Waals surface area contributed by atoms with Gasteiger partial charge in [0.2, 0.25) is 5.91 Å². The van der Waals surface area contributed by atoms with Crippen molar-refractivity contribution >= 4 is 5.91 Å². The van der Waals surface area contributed by atoms with Gasteiger partial charge in [-0.2, -0.15) is 0 Å². The number of fused-ring (bicyclic) bond motifs is 2. The number of hydrogen-bond acceptors (Lipinski definition) is 2. The van der Waals surface area contributed by atoms with E-state index in [1.807, 2.05) is 30.3 Å². The van der Waals surface area contributed by atoms with Crippen molar-refractivity contribution in [3.63, 3.8) is 0 Å². The summed E-state index contributed by atoms with van der Waals surface area (Å²) in [6.45, 7) is 0.822. The third-order valence-electron chi connectivity index (χ3n) is 5.06. The van der Waals surface area contributed by atoms with Crippen molar-refractivity contribution < 1.29 is 4.79 Å². The summed E-state index contributed by atoms with van der Waals surface area (Å²) in [5, 5.41) is 3.07. The van der Waals surface area contributed by atoms with Crippen molar-refractivity contribution in [2.24, 2.45) is 23.5 Å². The maximum atomic E-state index is 12.1. The highest BCUT2D eigenvalue weighted by Gasteiger charge is 2.39. The van der Waals surface area contributed by atoms with Gasteiger partial charge >= 0.3 is 0 Å². The van der Waals surface area contributed by atoms with Crippen LogP contribution >= 0.6 is 0 Å². The van der Waals surface area contributed by atoms with E-state index in [4.69, 9.17) is 5.73 Å². The molecule has 2 saturated carbocycles. The Bertz CT molecular complexity index is 459. The maximum Gasteiger partial charge on any atom is 0.237 e. The van der Waals surface area contributed by atoms with Crippen LogP contribution in [0.15, 0.2) is 30.3 Å². The van der Waals surface area contributed by atoms with Crippen LogP contribution in [0.1, 0.15) is 31.2 Å². The molecule has 0 spiro atoms. The minimum atomic E-state index is -0.434. The zero-order chi connectivity index (χ0) is 13.9. The highest BCUT2D eigenvalue weighted by atomic mass is 16.2. The quantitative estimate of drug-likeness (QED) is 0.862. The molecule has 0 radical (unpaired) electrons. The van der Waals surface area contributed by atoms with Gasteiger partial charge in [-0.15, -0.1) is 0 Å². The van der Waals surface area contributed by atoms with Crippen LogP contribution in [0.3, 0.4) is 0 Å². The Balaban J connectivity index is 1.44. The number of benzene rings is 1. The Morgan fingerprint density at radius 2 is 2.05 bits per heavy atom. The number of hydrogen-bond donors (Lipinski definition) is 2. The second-order valence-electron chi connectivity index (χ2n) is 6.48. The van der Waals surface area contributed by atoms with E-state index >= 15 is 0 Å². The van der Waals surface area contributed by atoms with Crippen LogP contribution < -0.4 is 11.1 Å². The molecule has 2 aliphatic rings. The van der Waals surface area contributed by atoms with Crippen LogP contribution in [-0.4, -0.2) is 18.5 Å². The van der Waals surface area contributed by atoms with E-state index in [0.29, 0.717) is 12.3 Å². The number of rotatable bonds is 5. The number of amides is 1. The molecule has 3 nitrogen and oxygen atoms in total. The summed E-state index contributed by atoms with van der Waals surface area (Å²) in [5.74, 6) is 2.48. The largest absolute Gasteiger partial charge is 0.354 e. The molecule has 3 rings (SSSR count). The smallest absolute Gasteiger partial charge is 0.237 e. The highest BCUT2D eigenvalue weighted by molar-refractivity contribution is 5.81. The van der Waals surface area contributed by atoms with E-state index in [-0.39, 0.29) is 5.91 Å². The monoisotopic (exact) mass is 272 g/mol. The lowest BCUT2D eigenvalue weighted by Crippen LogP contribution is -2.44. The Morgan fingerprint density at radius 1 is 1.25 bits per heavy atom. The van der Waals surface area contributed by atoms with Gasteiger partial charge in [0.25, 0.3) is 0 Å². The third-order valence-corrected chi connectivity index (χ3v) is 5.06. The molecule has 0 aromatic heterocycles. The zero-order valence-electron chi connectivity index (χ0n) is 11.9. The van der Waals surface area contributed by atoms with E-state index in [1.54, 1.807) is 0 Å². The first-order valence-electron chi connectivity index (χ1n) is 7.79. The Kier molecular flexibility index (Phi) is 4.06. The molecule has 2 aliphatic carbocycles. The molecule has 0 aliphatic heterocycles. The molecule has 4 atom stereocenters. The summed E-state index contributed by atoms with van der Waals surface area (Å²) < 4.78 is 0. The molecule has 3 heteroatoms. The Hall–Kier alpha value is -1.35. The average molecular weight is 272 g/mol. The summed E-state index contributed by atoms with van der Waals surface area (Å²) in [4.78, 5) is 12.1. The van der Waals surface area contributed by atoms with Crippen molar-refractivity contribution in [1.82, 2.24) is 5.32 Å². The molecule has 1 aromatic carbocycles. The van der Waals surface area contributed by atoms with Gasteiger partial charge in [-0.05, 0) is 49.0 Å². The van der Waals surface area contributed by atoms with Gasteiger partial charge in [-0.1, -0.05) is 36.8 Å². The van der Waals surface area contributed by atoms with E-state index in [2.05, 4.69) is 5.32 Å². The average Bonchev–Trinajstić information content (AvgIpc) is 3.08. The van der Waals surface area contributed by atoms with Crippen LogP contribution in [0.5, 0.6) is 0 Å². The number of carbonyl (C=O) groups is 1. The fourth-order valence-electron chi connectivity index (χ4n) is 3.95. The van der Waals surface area contributed by atoms with Gasteiger partial charge in [-0.25, -0.2) is 0 Å². The van der Waals surface area contributed by atoms with Crippen LogP contribution in [0.4, 0.5) is 0 Å². The standard InChI is InChI=1S/C17H24N2O/c18-16(10-12-4-2-1-3-5-12)17(20)19-11-15-9-13-6-7-14(15)8-13/h1-5,13-16H,6-11,18H2,(H,19,20)/t13?,14?,15?,16-/m0/s1. The molecular formula is C17H24N2O. The van der Waals surface area contributed by atoms with Crippen molar-refractivity contribution in [3.8, 4) is 0 Å². The van der Waals surface area contributed by atoms with Crippen molar-refractivity contribution in [3.05, 3.63) is 35.9 Å². The number of nitrogens with two attached hydrogens (primary N) is 1. The van der Waals surface area contributed by atoms with Crippen molar-refractivity contribution in [2.45, 2.75) is 38.1 Å². The molecule has 1 aromatic rings. The first-order chi connectivity index (χ1) is 9.72. The predicted octanol–water partition coefficient (Wildman–Crippen LogP) is 2.11. The first-order valence-corrected chi connectivity index (χ1v) is 7.79. The maximum absolute atomic E-state index is 12.1. The summed E-state index contributed by atoms with van der Waals surface area (Å²) >= 11 is 0. The lowest BCUT2D eigenvalue weighted by molar-refractivity contribution is -0.122. The second kappa shape index (κ2) is 5.96. The highest BCUT2D eigenvalue weighted by Crippen LogP contribution is 2.47. The first kappa shape index (κ1) is 13.6. The van der Waals surface area contributed by atoms with Gasteiger partial charge in [0.1, 0.15) is 0 Å². The summed E-state index contributed by atoms with van der Waals surface area (Å²) in [6, 6.07) is 9.54. The SMILES string of the molecule is N[C@@H](Cc1ccccc1)C(=O)NCC1CC2CCC1C2. The molecule has 2 bridgehead atoms. The minimum Gasteiger partial charge on any atom is -0.354 e. The number of nitrogens with one attached hydrogen (secondary N) is 1. The Labute approximate surface area is 120 Å². The summed E-state index contributed by atoms with van der Waals surface area (Å²) in [7, 11) is 0. The second-order valence-corrected chi connectivity index (χ2v) is 6.48. The van der Waals surface area contributed by atoms with E-state index in [0.717, 1.165) is 23.9 Å². The lowest BCUT2D eigenvalue weighted by atomic mass is 9.89. The van der Waals surface area contributed by atoms with E-state index < -0.39 is 6.04 Å². The van der Waals surface area contributed by atoms with E-state index in [9.17, 15) is 4.79 Å². The molecule has 3 unspecified atom stereocenters. The van der Waals surface area contributed by atoms with Crippen LogP contribution in [-0.2, 0) is 11.2 Å². The fraction of sp³-hybridized carbons (Fsp3) is 0.588. The van der Waals surface area contributed by atoms with E-state index in [1.165, 1.54) is 25.7 Å². The van der Waals surface area contributed by atoms with Gasteiger partial charge in [0.15, 0.2) is 0 Å². The van der Waals surface area contributed by atoms with Gasteiger partial charge < -0.3 is 11.1 Å². The van der Waals surface area contributed by atoms with Gasteiger partial charge in [0.05, 0.1) is 6.04 Å². The number of carbonyl (C=O) groups excluding carboxylic acids is 1. The molecule has 108 valence electrons. The van der Waals surface area contributed by atoms with Crippen molar-refractivity contribution in [1.29, 1.82) is 0 Å². The van der Waals surface area contributed by atoms with Crippen LogP contribution in [0.2, 0.25) is 0 Å². The Morgan fingerprint density at radius 3 is 2.70 bits per heavy atom. The lowest BCUT2D eigenvalue weighted by Gasteiger charge is -2.22. The van der Waals surface area contributed by atoms with Crippen LogP contribution in [0, 0.1) is 17.8 Å². The molecule has 20 heavy (non-hydrogen) atoms. The molecule has 0 saturated heterocycles. The zero-order valence-corrected chi connectivity index (χ0v) is 11.9. The topological polar surface area (TPSA) is 55.1 Å². The third kappa shape index (κ3) is 3.04. The summed E-state index contributed by atoms with van der Waals surface area (Å²) in [5.41, 5.74) is 7.12. The molecule has 3 N–H and O–H groups in total.